The molecule has 2 aliphatic rings. The molecule has 1 aromatic heterocycles. The first-order chi connectivity index (χ1) is 18.6. The van der Waals surface area contributed by atoms with Crippen LogP contribution in [0.3, 0.4) is 0 Å². The molecule has 1 atom stereocenters. The summed E-state index contributed by atoms with van der Waals surface area (Å²) >= 11 is 0. The number of nitrogens with zero attached hydrogens (tertiary/aromatic N) is 3. The van der Waals surface area contributed by atoms with Crippen LogP contribution in [0.2, 0.25) is 0 Å². The number of alkyl halides is 3. The number of pyridine rings is 1. The molecular formula is C25H28F3N7O4. The molecule has 39 heavy (non-hydrogen) atoms. The van der Waals surface area contributed by atoms with Gasteiger partial charge in [-0.3, -0.25) is 30.5 Å². The Kier molecular flexibility index (Phi) is 8.76. The van der Waals surface area contributed by atoms with Crippen molar-refractivity contribution < 1.29 is 27.6 Å². The van der Waals surface area contributed by atoms with Gasteiger partial charge in [0, 0.05) is 42.7 Å². The fourth-order valence-corrected chi connectivity index (χ4v) is 4.44. The second-order valence-corrected chi connectivity index (χ2v) is 9.26. The average molecular weight is 548 g/mol. The Morgan fingerprint density at radius 1 is 1.13 bits per heavy atom. The lowest BCUT2D eigenvalue weighted by Gasteiger charge is -2.36. The largest absolute Gasteiger partial charge is 0.573 e. The number of aromatic nitrogens is 1. The average Bonchev–Trinajstić information content (AvgIpc) is 2.92. The van der Waals surface area contributed by atoms with E-state index in [2.05, 4.69) is 36.0 Å². The van der Waals surface area contributed by atoms with E-state index >= 15 is 0 Å². The summed E-state index contributed by atoms with van der Waals surface area (Å²) in [6.07, 6.45) is 3.70. The van der Waals surface area contributed by atoms with Crippen molar-refractivity contribution in [1.29, 1.82) is 0 Å². The van der Waals surface area contributed by atoms with Crippen molar-refractivity contribution in [3.05, 3.63) is 81.9 Å². The molecule has 1 saturated carbocycles. The first kappa shape index (κ1) is 28.0. The molecule has 14 heteroatoms. The number of hydrogen-bond donors (Lipinski definition) is 4. The smallest absolute Gasteiger partial charge is 0.405 e. The molecular weight excluding hydrogens is 519 g/mol. The number of benzene rings is 1. The highest BCUT2D eigenvalue weighted by Gasteiger charge is 2.35. The van der Waals surface area contributed by atoms with Gasteiger partial charge in [-0.15, -0.1) is 13.2 Å². The number of carbonyl (C=O) groups is 1. The highest BCUT2D eigenvalue weighted by molar-refractivity contribution is 5.94. The Morgan fingerprint density at radius 3 is 2.49 bits per heavy atom. The normalized spacial score (nSPS) is 22.9. The van der Waals surface area contributed by atoms with E-state index in [0.29, 0.717) is 12.1 Å². The van der Waals surface area contributed by atoms with Gasteiger partial charge in [-0.05, 0) is 49.8 Å². The number of nitrogens with one attached hydrogen (secondary N) is 4. The van der Waals surface area contributed by atoms with Gasteiger partial charge in [-0.1, -0.05) is 18.2 Å². The Morgan fingerprint density at radius 2 is 1.85 bits per heavy atom. The quantitative estimate of drug-likeness (QED) is 0.202. The summed E-state index contributed by atoms with van der Waals surface area (Å²) in [5.74, 6) is -1.68. The summed E-state index contributed by atoms with van der Waals surface area (Å²) in [5, 5.41) is 23.3. The van der Waals surface area contributed by atoms with Gasteiger partial charge < -0.3 is 15.4 Å². The van der Waals surface area contributed by atoms with E-state index in [-0.39, 0.29) is 41.4 Å². The Labute approximate surface area is 222 Å². The van der Waals surface area contributed by atoms with Crippen LogP contribution in [0, 0.1) is 16.0 Å². The third kappa shape index (κ3) is 7.97. The van der Waals surface area contributed by atoms with Gasteiger partial charge in [0.1, 0.15) is 12.0 Å². The van der Waals surface area contributed by atoms with Gasteiger partial charge in [-0.25, -0.2) is 4.99 Å². The van der Waals surface area contributed by atoms with Gasteiger partial charge in [-0.2, -0.15) is 0 Å². The van der Waals surface area contributed by atoms with Crippen LogP contribution in [0.4, 0.5) is 13.2 Å². The van der Waals surface area contributed by atoms with Crippen molar-refractivity contribution in [2.75, 3.05) is 6.54 Å². The molecule has 2 aromatic rings. The SMILES string of the molecule is O=C(NC1CCC(CNC2(NCc3ccccc3OC(F)(F)F)N=CC([N+](=O)[O-])=CN2)CC1)c1ccncc1. The third-order valence-electron chi connectivity index (χ3n) is 6.53. The van der Waals surface area contributed by atoms with E-state index < -0.39 is 17.2 Å². The summed E-state index contributed by atoms with van der Waals surface area (Å²) in [6.45, 7) is 0.379. The summed E-state index contributed by atoms with van der Waals surface area (Å²) in [6, 6.07) is 9.04. The second kappa shape index (κ2) is 12.2. The number of allylic oxidation sites excluding steroid dienone is 1. The van der Waals surface area contributed by atoms with Crippen LogP contribution in [0.5, 0.6) is 5.75 Å². The fourth-order valence-electron chi connectivity index (χ4n) is 4.44. The first-order valence-corrected chi connectivity index (χ1v) is 12.3. The van der Waals surface area contributed by atoms with E-state index in [1.54, 1.807) is 30.6 Å². The maximum atomic E-state index is 12.8. The number of halogens is 3. The zero-order chi connectivity index (χ0) is 27.9. The maximum absolute atomic E-state index is 12.8. The molecule has 1 aliphatic carbocycles. The van der Waals surface area contributed by atoms with Crippen molar-refractivity contribution in [3.8, 4) is 5.75 Å². The molecule has 208 valence electrons. The summed E-state index contributed by atoms with van der Waals surface area (Å²) in [5.41, 5.74) is 0.510. The van der Waals surface area contributed by atoms with Gasteiger partial charge in [0.05, 0.1) is 11.1 Å². The molecule has 0 radical (unpaired) electrons. The maximum Gasteiger partial charge on any atom is 0.573 e. The van der Waals surface area contributed by atoms with E-state index in [0.717, 1.165) is 31.9 Å². The molecule has 1 aromatic carbocycles. The zero-order valence-corrected chi connectivity index (χ0v) is 20.8. The minimum absolute atomic E-state index is 0.0375. The van der Waals surface area contributed by atoms with Crippen molar-refractivity contribution >= 4 is 12.1 Å². The number of para-hydroxylation sites is 1. The summed E-state index contributed by atoms with van der Waals surface area (Å²) < 4.78 is 42.6. The molecule has 1 amide bonds. The van der Waals surface area contributed by atoms with E-state index in [9.17, 15) is 28.1 Å². The predicted molar refractivity (Wildman–Crippen MR) is 135 cm³/mol. The number of aliphatic imine (C=N–C) groups is 1. The Bertz CT molecular complexity index is 1220. The van der Waals surface area contributed by atoms with Crippen molar-refractivity contribution in [2.45, 2.75) is 50.5 Å². The summed E-state index contributed by atoms with van der Waals surface area (Å²) in [7, 11) is 0. The van der Waals surface area contributed by atoms with Gasteiger partial charge in [0.2, 0.25) is 5.91 Å². The molecule has 1 aliphatic heterocycles. The number of rotatable bonds is 10. The third-order valence-corrected chi connectivity index (χ3v) is 6.53. The zero-order valence-electron chi connectivity index (χ0n) is 20.8. The number of hydrogen-bond acceptors (Lipinski definition) is 9. The predicted octanol–water partition coefficient (Wildman–Crippen LogP) is 3.05. The van der Waals surface area contributed by atoms with Crippen molar-refractivity contribution in [1.82, 2.24) is 26.3 Å². The number of nitro groups is 1. The number of amides is 1. The van der Waals surface area contributed by atoms with Crippen LogP contribution in [0.15, 0.2) is 65.7 Å². The molecule has 0 bridgehead atoms. The Balaban J connectivity index is 1.35. The molecule has 1 fully saturated rings. The van der Waals surface area contributed by atoms with Crippen molar-refractivity contribution in [3.63, 3.8) is 0 Å². The van der Waals surface area contributed by atoms with Crippen LogP contribution in [0.25, 0.3) is 0 Å². The number of ether oxygens (including phenoxy) is 1. The number of carbonyl (C=O) groups excluding carboxylic acids is 1. The lowest BCUT2D eigenvalue weighted by Crippen LogP contribution is -2.65. The van der Waals surface area contributed by atoms with Crippen LogP contribution in [0.1, 0.15) is 41.6 Å². The van der Waals surface area contributed by atoms with Crippen LogP contribution in [-0.2, 0) is 6.54 Å². The van der Waals surface area contributed by atoms with Crippen LogP contribution >= 0.6 is 0 Å². The fraction of sp³-hybridized carbons (Fsp3) is 0.400. The highest BCUT2D eigenvalue weighted by atomic mass is 19.4. The Hall–Kier alpha value is -4.04. The lowest BCUT2D eigenvalue weighted by molar-refractivity contribution is -0.415. The molecule has 2 heterocycles. The molecule has 0 saturated heterocycles. The van der Waals surface area contributed by atoms with Gasteiger partial charge in [0.15, 0.2) is 0 Å². The molecule has 4 N–H and O–H groups in total. The molecule has 0 spiro atoms. The van der Waals surface area contributed by atoms with Crippen molar-refractivity contribution in [2.24, 2.45) is 10.9 Å². The van der Waals surface area contributed by atoms with E-state index in [1.807, 2.05) is 0 Å². The van der Waals surface area contributed by atoms with Crippen LogP contribution < -0.4 is 26.0 Å². The second-order valence-electron chi connectivity index (χ2n) is 9.26. The van der Waals surface area contributed by atoms with Gasteiger partial charge >= 0.3 is 12.1 Å². The topological polar surface area (TPSA) is 143 Å². The van der Waals surface area contributed by atoms with E-state index in [4.69, 9.17) is 0 Å². The first-order valence-electron chi connectivity index (χ1n) is 12.3. The standard InChI is InChI=1S/C25H28F3N7O4/c26-24(27,28)39-22-4-2-1-3-19(22)14-31-25(32-15-21(16-33-25)35(37)38)30-13-17-5-7-20(8-6-17)34-23(36)18-9-11-29-12-10-18/h1-4,9-12,15-17,20,30-32H,5-8,13-14H2,(H,34,36). The minimum atomic E-state index is -4.85. The van der Waals surface area contributed by atoms with Gasteiger partial charge in [0.25, 0.3) is 5.91 Å². The lowest BCUT2D eigenvalue weighted by atomic mass is 9.86. The summed E-state index contributed by atoms with van der Waals surface area (Å²) in [4.78, 5) is 31.1. The molecule has 11 nitrogen and oxygen atoms in total. The minimum Gasteiger partial charge on any atom is -0.405 e. The van der Waals surface area contributed by atoms with E-state index in [1.165, 1.54) is 24.4 Å². The monoisotopic (exact) mass is 547 g/mol. The molecule has 4 rings (SSSR count). The van der Waals surface area contributed by atoms with Crippen LogP contribution in [-0.4, -0.2) is 46.9 Å². The molecule has 1 unspecified atom stereocenters. The highest BCUT2D eigenvalue weighted by Crippen LogP contribution is 2.27.